The van der Waals surface area contributed by atoms with Crippen LogP contribution in [0, 0.1) is 5.82 Å². The quantitative estimate of drug-likeness (QED) is 0.395. The van der Waals surface area contributed by atoms with E-state index in [1.807, 2.05) is 36.2 Å². The largest absolute Gasteiger partial charge is 0.337 e. The number of hydrogen-bond acceptors (Lipinski definition) is 5. The molecule has 5 rings (SSSR count). The van der Waals surface area contributed by atoms with Crippen molar-refractivity contribution in [3.05, 3.63) is 93.6 Å². The van der Waals surface area contributed by atoms with Crippen molar-refractivity contribution in [1.29, 1.82) is 0 Å². The zero-order chi connectivity index (χ0) is 21.5. The van der Waals surface area contributed by atoms with Gasteiger partial charge in [0.2, 0.25) is 0 Å². The van der Waals surface area contributed by atoms with Crippen LogP contribution in [0.1, 0.15) is 0 Å². The third-order valence-corrected chi connectivity index (χ3v) is 7.50. The second-order valence-corrected chi connectivity index (χ2v) is 9.30. The molecule has 0 saturated carbocycles. The lowest BCUT2D eigenvalue weighted by atomic mass is 10.2. The number of halogens is 2. The maximum absolute atomic E-state index is 13.5. The number of benzene rings is 3. The number of para-hydroxylation sites is 1. The fraction of sp³-hybridized carbons (Fsp3) is 0.0435. The van der Waals surface area contributed by atoms with E-state index in [1.54, 1.807) is 48.2 Å². The van der Waals surface area contributed by atoms with Crippen molar-refractivity contribution in [2.45, 2.75) is 4.90 Å². The average molecular weight is 468 g/mol. The van der Waals surface area contributed by atoms with Crippen molar-refractivity contribution < 1.29 is 9.18 Å². The number of amidine groups is 1. The number of amides is 1. The average Bonchev–Trinajstić information content (AvgIpc) is 3.27. The fourth-order valence-electron chi connectivity index (χ4n) is 3.32. The molecule has 2 aliphatic rings. The van der Waals surface area contributed by atoms with Crippen molar-refractivity contribution >= 4 is 63.3 Å². The minimum Gasteiger partial charge on any atom is -0.337 e. The third-order valence-electron chi connectivity index (χ3n) is 4.85. The predicted octanol–water partition coefficient (Wildman–Crippen LogP) is 6.66. The van der Waals surface area contributed by atoms with E-state index in [4.69, 9.17) is 16.6 Å². The SMILES string of the molecule is CN1C(=C2SC(=Nc3ccc(Cl)cc3)N(c3ccc(F)cc3)C2=O)Sc2ccccc21. The zero-order valence-corrected chi connectivity index (χ0v) is 18.6. The Hall–Kier alpha value is -2.74. The van der Waals surface area contributed by atoms with Crippen LogP contribution in [-0.4, -0.2) is 18.1 Å². The Bertz CT molecular complexity index is 1240. The van der Waals surface area contributed by atoms with Gasteiger partial charge in [0.25, 0.3) is 5.91 Å². The normalized spacial score (nSPS) is 19.5. The smallest absolute Gasteiger partial charge is 0.274 e. The maximum Gasteiger partial charge on any atom is 0.274 e. The van der Waals surface area contributed by atoms with E-state index in [1.165, 1.54) is 28.8 Å². The van der Waals surface area contributed by atoms with Gasteiger partial charge in [-0.2, -0.15) is 0 Å². The van der Waals surface area contributed by atoms with Crippen LogP contribution in [0.4, 0.5) is 21.5 Å². The molecule has 4 nitrogen and oxygen atoms in total. The molecule has 0 aliphatic carbocycles. The molecule has 1 fully saturated rings. The van der Waals surface area contributed by atoms with Gasteiger partial charge in [-0.1, -0.05) is 35.5 Å². The minimum atomic E-state index is -0.362. The highest BCUT2D eigenvalue weighted by molar-refractivity contribution is 8.20. The molecule has 1 amide bonds. The van der Waals surface area contributed by atoms with Crippen molar-refractivity contribution in [3.63, 3.8) is 0 Å². The number of hydrogen-bond donors (Lipinski definition) is 0. The van der Waals surface area contributed by atoms with Gasteiger partial charge < -0.3 is 4.90 Å². The molecule has 2 aliphatic heterocycles. The Morgan fingerprint density at radius 1 is 0.935 bits per heavy atom. The van der Waals surface area contributed by atoms with E-state index in [0.29, 0.717) is 26.5 Å². The number of carbonyl (C=O) groups is 1. The highest BCUT2D eigenvalue weighted by Gasteiger charge is 2.40. The molecule has 1 saturated heterocycles. The second-order valence-electron chi connectivity index (χ2n) is 6.85. The van der Waals surface area contributed by atoms with Gasteiger partial charge in [0.15, 0.2) is 5.17 Å². The van der Waals surface area contributed by atoms with Crippen LogP contribution in [0.2, 0.25) is 5.02 Å². The number of nitrogens with zero attached hydrogens (tertiary/aromatic N) is 3. The summed E-state index contributed by atoms with van der Waals surface area (Å²) in [6.07, 6.45) is 0. The Kier molecular flexibility index (Phi) is 5.25. The van der Waals surface area contributed by atoms with Crippen molar-refractivity contribution in [3.8, 4) is 0 Å². The van der Waals surface area contributed by atoms with Crippen LogP contribution in [0.25, 0.3) is 0 Å². The molecule has 31 heavy (non-hydrogen) atoms. The first-order valence-electron chi connectivity index (χ1n) is 9.38. The molecular weight excluding hydrogens is 453 g/mol. The fourth-order valence-corrected chi connectivity index (χ4v) is 5.79. The van der Waals surface area contributed by atoms with Gasteiger partial charge in [0.1, 0.15) is 10.7 Å². The van der Waals surface area contributed by atoms with Gasteiger partial charge in [-0.3, -0.25) is 9.69 Å². The summed E-state index contributed by atoms with van der Waals surface area (Å²) in [6.45, 7) is 0. The number of anilines is 2. The number of thioether (sulfide) groups is 2. The van der Waals surface area contributed by atoms with Gasteiger partial charge in [-0.05, 0) is 72.4 Å². The van der Waals surface area contributed by atoms with Crippen LogP contribution in [-0.2, 0) is 4.79 Å². The topological polar surface area (TPSA) is 35.9 Å². The Morgan fingerprint density at radius 3 is 2.35 bits per heavy atom. The number of rotatable bonds is 2. The van der Waals surface area contributed by atoms with Crippen LogP contribution in [0.15, 0.2) is 92.6 Å². The summed E-state index contributed by atoms with van der Waals surface area (Å²) in [5.41, 5.74) is 2.29. The van der Waals surface area contributed by atoms with E-state index >= 15 is 0 Å². The standard InChI is InChI=1S/C23H15ClFN3OS2/c1-27-18-4-2-3-5-19(18)30-22(27)20-21(29)28(17-12-8-15(25)9-13-17)23(31-20)26-16-10-6-14(24)7-11-16/h2-13H,1H3. The van der Waals surface area contributed by atoms with Crippen LogP contribution in [0.5, 0.6) is 0 Å². The molecule has 0 radical (unpaired) electrons. The molecular formula is C23H15ClFN3OS2. The lowest BCUT2D eigenvalue weighted by molar-refractivity contribution is -0.113. The maximum atomic E-state index is 13.5. The molecule has 8 heteroatoms. The second kappa shape index (κ2) is 8.07. The first-order chi connectivity index (χ1) is 15.0. The van der Waals surface area contributed by atoms with Crippen LogP contribution < -0.4 is 9.80 Å². The molecule has 0 spiro atoms. The summed E-state index contributed by atoms with van der Waals surface area (Å²) in [5.74, 6) is -0.550. The van der Waals surface area contributed by atoms with Crippen molar-refractivity contribution in [2.24, 2.45) is 4.99 Å². The molecule has 3 aromatic rings. The monoisotopic (exact) mass is 467 g/mol. The molecule has 154 valence electrons. The highest BCUT2D eigenvalue weighted by Crippen LogP contribution is 2.50. The van der Waals surface area contributed by atoms with E-state index < -0.39 is 0 Å². The summed E-state index contributed by atoms with van der Waals surface area (Å²) in [6, 6.07) is 21.0. The van der Waals surface area contributed by atoms with Gasteiger partial charge in [0.05, 0.1) is 22.1 Å². The molecule has 0 N–H and O–H groups in total. The minimum absolute atomic E-state index is 0.188. The van der Waals surface area contributed by atoms with Crippen molar-refractivity contribution in [1.82, 2.24) is 0 Å². The van der Waals surface area contributed by atoms with Gasteiger partial charge in [0, 0.05) is 17.0 Å². The first-order valence-corrected chi connectivity index (χ1v) is 11.4. The van der Waals surface area contributed by atoms with E-state index in [2.05, 4.69) is 0 Å². The lowest BCUT2D eigenvalue weighted by Crippen LogP contribution is -2.29. The zero-order valence-electron chi connectivity index (χ0n) is 16.3. The molecule has 0 atom stereocenters. The summed E-state index contributed by atoms with van der Waals surface area (Å²) < 4.78 is 13.5. The van der Waals surface area contributed by atoms with E-state index in [9.17, 15) is 9.18 Å². The lowest BCUT2D eigenvalue weighted by Gasteiger charge is -2.16. The Labute approximate surface area is 192 Å². The van der Waals surface area contributed by atoms with Gasteiger partial charge >= 0.3 is 0 Å². The molecule has 0 unspecified atom stereocenters. The summed E-state index contributed by atoms with van der Waals surface area (Å²) in [4.78, 5) is 23.5. The summed E-state index contributed by atoms with van der Waals surface area (Å²) in [5, 5.41) is 1.97. The summed E-state index contributed by atoms with van der Waals surface area (Å²) in [7, 11) is 1.95. The Balaban J connectivity index is 1.61. The van der Waals surface area contributed by atoms with Crippen molar-refractivity contribution in [2.75, 3.05) is 16.8 Å². The Morgan fingerprint density at radius 2 is 1.65 bits per heavy atom. The number of carbonyl (C=O) groups excluding carboxylic acids is 1. The van der Waals surface area contributed by atoms with E-state index in [-0.39, 0.29) is 11.7 Å². The van der Waals surface area contributed by atoms with Gasteiger partial charge in [-0.25, -0.2) is 9.38 Å². The molecule has 0 aromatic heterocycles. The molecule has 3 aromatic carbocycles. The highest BCUT2D eigenvalue weighted by atomic mass is 35.5. The van der Waals surface area contributed by atoms with Crippen LogP contribution >= 0.6 is 35.1 Å². The third kappa shape index (κ3) is 3.73. The molecule has 2 heterocycles. The summed E-state index contributed by atoms with van der Waals surface area (Å²) >= 11 is 8.86. The number of aliphatic imine (C=N–C) groups is 1. The first kappa shape index (κ1) is 20.2. The number of fused-ring (bicyclic) bond motifs is 1. The van der Waals surface area contributed by atoms with E-state index in [0.717, 1.165) is 15.6 Å². The predicted molar refractivity (Wildman–Crippen MR) is 128 cm³/mol. The molecule has 0 bridgehead atoms. The van der Waals surface area contributed by atoms with Crippen LogP contribution in [0.3, 0.4) is 0 Å². The van der Waals surface area contributed by atoms with Gasteiger partial charge in [-0.15, -0.1) is 0 Å².